The van der Waals surface area contributed by atoms with Crippen LogP contribution in [0.25, 0.3) is 0 Å². The van der Waals surface area contributed by atoms with E-state index in [2.05, 4.69) is 19.2 Å². The highest BCUT2D eigenvalue weighted by molar-refractivity contribution is 7.85. The molecule has 1 aliphatic rings. The Labute approximate surface area is 110 Å². The lowest BCUT2D eigenvalue weighted by atomic mass is 10.0. The first-order valence-corrected chi connectivity index (χ1v) is 7.71. The lowest BCUT2D eigenvalue weighted by molar-refractivity contribution is 0.447. The van der Waals surface area contributed by atoms with Gasteiger partial charge in [0.15, 0.2) is 0 Å². The van der Waals surface area contributed by atoms with Gasteiger partial charge in [0.25, 0.3) is 0 Å². The Hall–Kier alpha value is -0.380. The molecule has 1 aromatic rings. The van der Waals surface area contributed by atoms with Crippen LogP contribution in [0, 0.1) is 0 Å². The molecule has 2 rings (SSSR count). The Morgan fingerprint density at radius 2 is 2.24 bits per heavy atom. The molecule has 94 valence electrons. The second-order valence-corrected chi connectivity index (χ2v) is 6.72. The van der Waals surface area contributed by atoms with E-state index in [-0.39, 0.29) is 6.04 Å². The van der Waals surface area contributed by atoms with Crippen molar-refractivity contribution in [2.75, 3.05) is 5.75 Å². The normalized spacial score (nSPS) is 24.5. The Kier molecular flexibility index (Phi) is 4.23. The molecule has 2 unspecified atom stereocenters. The SMILES string of the molecule is CC(C)NC1CCCS(=O)c2ccc(Cl)cc21. The second kappa shape index (κ2) is 5.51. The van der Waals surface area contributed by atoms with Crippen LogP contribution in [0.3, 0.4) is 0 Å². The first-order chi connectivity index (χ1) is 8.08. The topological polar surface area (TPSA) is 29.1 Å². The molecule has 2 nitrogen and oxygen atoms in total. The fourth-order valence-electron chi connectivity index (χ4n) is 2.26. The molecule has 0 radical (unpaired) electrons. The van der Waals surface area contributed by atoms with E-state index in [9.17, 15) is 4.21 Å². The third-order valence-electron chi connectivity index (χ3n) is 2.95. The van der Waals surface area contributed by atoms with Gasteiger partial charge >= 0.3 is 0 Å². The monoisotopic (exact) mass is 271 g/mol. The first kappa shape index (κ1) is 13.1. The third-order valence-corrected chi connectivity index (χ3v) is 4.71. The predicted molar refractivity (Wildman–Crippen MR) is 73.0 cm³/mol. The molecule has 1 heterocycles. The number of hydrogen-bond acceptors (Lipinski definition) is 2. The maximum absolute atomic E-state index is 12.1. The van der Waals surface area contributed by atoms with Gasteiger partial charge in [-0.05, 0) is 36.6 Å². The number of halogens is 1. The predicted octanol–water partition coefficient (Wildman–Crippen LogP) is 3.28. The minimum atomic E-state index is -0.875. The highest BCUT2D eigenvalue weighted by Crippen LogP contribution is 2.31. The average molecular weight is 272 g/mol. The largest absolute Gasteiger partial charge is 0.308 e. The van der Waals surface area contributed by atoms with Gasteiger partial charge in [0.1, 0.15) is 0 Å². The van der Waals surface area contributed by atoms with Gasteiger partial charge in [-0.15, -0.1) is 0 Å². The molecule has 0 aliphatic carbocycles. The fraction of sp³-hybridized carbons (Fsp3) is 0.538. The van der Waals surface area contributed by atoms with Crippen LogP contribution in [0.5, 0.6) is 0 Å². The van der Waals surface area contributed by atoms with Crippen molar-refractivity contribution in [1.82, 2.24) is 5.32 Å². The van der Waals surface area contributed by atoms with Gasteiger partial charge in [-0.25, -0.2) is 0 Å². The summed E-state index contributed by atoms with van der Waals surface area (Å²) >= 11 is 6.05. The van der Waals surface area contributed by atoms with E-state index in [1.54, 1.807) is 0 Å². The maximum atomic E-state index is 12.1. The molecule has 0 fully saturated rings. The van der Waals surface area contributed by atoms with Crippen LogP contribution in [0.2, 0.25) is 5.02 Å². The zero-order chi connectivity index (χ0) is 12.4. The highest BCUT2D eigenvalue weighted by Gasteiger charge is 2.23. The van der Waals surface area contributed by atoms with Gasteiger partial charge in [-0.2, -0.15) is 0 Å². The summed E-state index contributed by atoms with van der Waals surface area (Å²) in [6.45, 7) is 4.26. The smallest absolute Gasteiger partial charge is 0.0532 e. The summed E-state index contributed by atoms with van der Waals surface area (Å²) in [4.78, 5) is 0.949. The third kappa shape index (κ3) is 3.09. The van der Waals surface area contributed by atoms with Gasteiger partial charge in [0, 0.05) is 27.8 Å². The summed E-state index contributed by atoms with van der Waals surface area (Å²) < 4.78 is 12.1. The Morgan fingerprint density at radius 1 is 1.47 bits per heavy atom. The van der Waals surface area contributed by atoms with Crippen LogP contribution in [-0.4, -0.2) is 16.0 Å². The summed E-state index contributed by atoms with van der Waals surface area (Å²) in [7, 11) is -0.875. The van der Waals surface area contributed by atoms with Crippen molar-refractivity contribution in [3.05, 3.63) is 28.8 Å². The van der Waals surface area contributed by atoms with Crippen molar-refractivity contribution in [3.63, 3.8) is 0 Å². The van der Waals surface area contributed by atoms with Crippen LogP contribution >= 0.6 is 11.6 Å². The second-order valence-electron chi connectivity index (χ2n) is 4.75. The molecule has 0 bridgehead atoms. The van der Waals surface area contributed by atoms with Crippen LogP contribution < -0.4 is 5.32 Å². The zero-order valence-corrected chi connectivity index (χ0v) is 11.8. The molecule has 2 atom stereocenters. The quantitative estimate of drug-likeness (QED) is 0.894. The molecule has 1 N–H and O–H groups in total. The molecule has 0 spiro atoms. The number of rotatable bonds is 2. The standard InChI is InChI=1S/C13H18ClNOS/c1-9(2)15-12-4-3-7-17(16)13-6-5-10(14)8-11(12)13/h5-6,8-9,12,15H,3-4,7H2,1-2H3. The zero-order valence-electron chi connectivity index (χ0n) is 10.2. The summed E-state index contributed by atoms with van der Waals surface area (Å²) in [6.07, 6.45) is 2.01. The van der Waals surface area contributed by atoms with E-state index in [0.717, 1.165) is 34.1 Å². The maximum Gasteiger partial charge on any atom is 0.0532 e. The molecular formula is C13H18ClNOS. The molecule has 17 heavy (non-hydrogen) atoms. The van der Waals surface area contributed by atoms with Crippen molar-refractivity contribution < 1.29 is 4.21 Å². The van der Waals surface area contributed by atoms with Crippen LogP contribution in [0.1, 0.15) is 38.3 Å². The number of nitrogens with one attached hydrogen (secondary N) is 1. The van der Waals surface area contributed by atoms with E-state index in [0.29, 0.717) is 6.04 Å². The number of hydrogen-bond donors (Lipinski definition) is 1. The van der Waals surface area contributed by atoms with Crippen LogP contribution in [-0.2, 0) is 10.8 Å². The summed E-state index contributed by atoms with van der Waals surface area (Å²) in [5, 5.41) is 4.25. The summed E-state index contributed by atoms with van der Waals surface area (Å²) in [5.74, 6) is 0.755. The van der Waals surface area contributed by atoms with E-state index >= 15 is 0 Å². The lowest BCUT2D eigenvalue weighted by Gasteiger charge is -2.21. The summed E-state index contributed by atoms with van der Waals surface area (Å²) in [6, 6.07) is 6.39. The lowest BCUT2D eigenvalue weighted by Crippen LogP contribution is -2.28. The van der Waals surface area contributed by atoms with E-state index in [1.165, 1.54) is 0 Å². The van der Waals surface area contributed by atoms with Crippen molar-refractivity contribution >= 4 is 22.4 Å². The van der Waals surface area contributed by atoms with Gasteiger partial charge in [0.2, 0.25) is 0 Å². The molecule has 1 aliphatic heterocycles. The van der Waals surface area contributed by atoms with Crippen molar-refractivity contribution in [2.45, 2.75) is 43.7 Å². The van der Waals surface area contributed by atoms with Crippen molar-refractivity contribution in [3.8, 4) is 0 Å². The summed E-state index contributed by atoms with van der Waals surface area (Å²) in [5.41, 5.74) is 1.11. The van der Waals surface area contributed by atoms with Crippen molar-refractivity contribution in [2.24, 2.45) is 0 Å². The molecular weight excluding hydrogens is 254 g/mol. The molecule has 4 heteroatoms. The Balaban J connectivity index is 2.41. The van der Waals surface area contributed by atoms with Gasteiger partial charge in [-0.1, -0.05) is 25.4 Å². The van der Waals surface area contributed by atoms with E-state index in [4.69, 9.17) is 11.6 Å². The van der Waals surface area contributed by atoms with Crippen LogP contribution in [0.15, 0.2) is 23.1 Å². The Morgan fingerprint density at radius 3 is 2.94 bits per heavy atom. The molecule has 0 saturated carbocycles. The number of benzene rings is 1. The van der Waals surface area contributed by atoms with E-state index < -0.39 is 10.8 Å². The van der Waals surface area contributed by atoms with Crippen LogP contribution in [0.4, 0.5) is 0 Å². The molecule has 0 saturated heterocycles. The minimum Gasteiger partial charge on any atom is -0.308 e. The minimum absolute atomic E-state index is 0.273. The Bertz CT molecular complexity index is 433. The van der Waals surface area contributed by atoms with Gasteiger partial charge in [-0.3, -0.25) is 4.21 Å². The fourth-order valence-corrected chi connectivity index (χ4v) is 3.77. The highest BCUT2D eigenvalue weighted by atomic mass is 35.5. The molecule has 0 amide bonds. The van der Waals surface area contributed by atoms with Gasteiger partial charge < -0.3 is 5.32 Å². The number of fused-ring (bicyclic) bond motifs is 1. The van der Waals surface area contributed by atoms with Crippen molar-refractivity contribution in [1.29, 1.82) is 0 Å². The molecule has 0 aromatic heterocycles. The molecule has 1 aromatic carbocycles. The first-order valence-electron chi connectivity index (χ1n) is 6.02. The van der Waals surface area contributed by atoms with Gasteiger partial charge in [0.05, 0.1) is 10.8 Å². The van der Waals surface area contributed by atoms with E-state index in [1.807, 2.05) is 18.2 Å². The average Bonchev–Trinajstić information content (AvgIpc) is 2.39.